The van der Waals surface area contributed by atoms with Gasteiger partial charge in [0.1, 0.15) is 15.2 Å². The lowest BCUT2D eigenvalue weighted by Crippen LogP contribution is -2.52. The van der Waals surface area contributed by atoms with Crippen LogP contribution in [0, 0.1) is 0 Å². The predicted molar refractivity (Wildman–Crippen MR) is 209 cm³/mol. The first-order chi connectivity index (χ1) is 25.0. The maximum absolute atomic E-state index is 13.2. The van der Waals surface area contributed by atoms with Crippen LogP contribution in [0.1, 0.15) is 17.5 Å². The molecule has 276 valence electrons. The number of nitrogens with zero attached hydrogens (tertiary/aromatic N) is 4. The molecule has 3 heterocycles. The zero-order chi connectivity index (χ0) is 37.4. The number of methoxy groups -OCH3 is 4. The third-order valence-electron chi connectivity index (χ3n) is 8.49. The van der Waals surface area contributed by atoms with Gasteiger partial charge in [0.25, 0.3) is 11.8 Å². The quantitative estimate of drug-likeness (QED) is 0.222. The van der Waals surface area contributed by atoms with Crippen molar-refractivity contribution in [2.24, 2.45) is 0 Å². The largest absolute Gasteiger partial charge is 0.493 e. The van der Waals surface area contributed by atoms with Gasteiger partial charge in [0.15, 0.2) is 23.0 Å². The Hall–Kier alpha value is -4.16. The van der Waals surface area contributed by atoms with Crippen LogP contribution in [0.3, 0.4) is 0 Å². The highest BCUT2D eigenvalue weighted by Gasteiger charge is 2.35. The van der Waals surface area contributed by atoms with Gasteiger partial charge in [-0.3, -0.25) is 33.9 Å². The molecule has 52 heavy (non-hydrogen) atoms. The molecule has 3 aliphatic heterocycles. The molecule has 4 amide bonds. The number of thiocarbonyl (C=S) groups is 2. The van der Waals surface area contributed by atoms with Crippen LogP contribution in [-0.2, 0) is 19.2 Å². The van der Waals surface area contributed by atoms with Crippen molar-refractivity contribution in [1.29, 1.82) is 0 Å². The first-order valence-electron chi connectivity index (χ1n) is 16.3. The number of nitrogens with one attached hydrogen (secondary N) is 1. The summed E-state index contributed by atoms with van der Waals surface area (Å²) in [6.45, 7) is 3.33. The SMILES string of the molecule is COc1ccc(/C=C2\SC(=S)N(CC(=O)N3CCN(CCNC(=O)CCN4C(=O)/C(=C\c5ccc(OC)c(OC)c5)SC4=S)CC3)C2=O)cc1OC. The van der Waals surface area contributed by atoms with Crippen LogP contribution in [0.15, 0.2) is 46.2 Å². The second-order valence-electron chi connectivity index (χ2n) is 11.7. The van der Waals surface area contributed by atoms with Crippen LogP contribution in [-0.4, -0.2) is 133 Å². The number of carbonyl (C=O) groups excluding carboxylic acids is 4. The maximum Gasteiger partial charge on any atom is 0.266 e. The minimum atomic E-state index is -0.311. The number of benzene rings is 2. The zero-order valence-corrected chi connectivity index (χ0v) is 32.4. The van der Waals surface area contributed by atoms with Gasteiger partial charge in [-0.05, 0) is 47.5 Å². The molecule has 3 fully saturated rings. The van der Waals surface area contributed by atoms with Gasteiger partial charge in [-0.2, -0.15) is 0 Å². The molecule has 0 spiro atoms. The number of piperazine rings is 1. The number of carbonyl (C=O) groups is 4. The summed E-state index contributed by atoms with van der Waals surface area (Å²) >= 11 is 13.2. The average molecular weight is 786 g/mol. The standard InChI is InChI=1S/C35H39N5O8S4/c1-45-24-7-5-22(17-26(24)47-3)19-28-32(43)39(34(49)51-28)11-9-30(41)36-10-12-37-13-15-38(16-14-37)31(42)21-40-33(44)29(52-35(40)50)20-23-6-8-25(46-2)27(18-23)48-4/h5-8,17-20H,9-16,21H2,1-4H3,(H,36,41)/b28-19+,29-20-. The van der Waals surface area contributed by atoms with Crippen molar-refractivity contribution >= 4 is 92.4 Å². The molecule has 1 N–H and O–H groups in total. The van der Waals surface area contributed by atoms with Crippen LogP contribution in [0.4, 0.5) is 0 Å². The van der Waals surface area contributed by atoms with E-state index < -0.39 is 0 Å². The summed E-state index contributed by atoms with van der Waals surface area (Å²) < 4.78 is 22.0. The van der Waals surface area contributed by atoms with Crippen molar-refractivity contribution in [3.63, 3.8) is 0 Å². The number of hydrogen-bond acceptors (Lipinski definition) is 13. The maximum atomic E-state index is 13.2. The van der Waals surface area contributed by atoms with Crippen molar-refractivity contribution in [1.82, 2.24) is 24.9 Å². The number of thioether (sulfide) groups is 2. The van der Waals surface area contributed by atoms with Gasteiger partial charge in [0.05, 0.1) is 38.2 Å². The highest BCUT2D eigenvalue weighted by Crippen LogP contribution is 2.36. The molecule has 0 atom stereocenters. The van der Waals surface area contributed by atoms with Gasteiger partial charge in [0, 0.05) is 52.2 Å². The van der Waals surface area contributed by atoms with E-state index in [0.717, 1.165) is 22.9 Å². The summed E-state index contributed by atoms with van der Waals surface area (Å²) in [6, 6.07) is 10.7. The fourth-order valence-corrected chi connectivity index (χ4v) is 8.19. The number of ether oxygens (including phenoxy) is 4. The molecule has 17 heteroatoms. The van der Waals surface area contributed by atoms with Gasteiger partial charge >= 0.3 is 0 Å². The van der Waals surface area contributed by atoms with E-state index in [4.69, 9.17) is 43.4 Å². The summed E-state index contributed by atoms with van der Waals surface area (Å²) in [5, 5.41) is 2.91. The highest BCUT2D eigenvalue weighted by molar-refractivity contribution is 8.27. The third-order valence-corrected chi connectivity index (χ3v) is 11.2. The predicted octanol–water partition coefficient (Wildman–Crippen LogP) is 3.47. The minimum absolute atomic E-state index is 0.110. The normalized spacial score (nSPS) is 18.1. The summed E-state index contributed by atoms with van der Waals surface area (Å²) in [4.78, 5) is 59.6. The van der Waals surface area contributed by atoms with Crippen molar-refractivity contribution in [3.05, 3.63) is 57.3 Å². The van der Waals surface area contributed by atoms with E-state index in [-0.39, 0.29) is 43.1 Å². The second-order valence-corrected chi connectivity index (χ2v) is 15.0. The van der Waals surface area contributed by atoms with Gasteiger partial charge < -0.3 is 29.2 Å². The molecular formula is C35H39N5O8S4. The average Bonchev–Trinajstić information content (AvgIpc) is 3.57. The molecular weight excluding hydrogens is 747 g/mol. The van der Waals surface area contributed by atoms with E-state index in [1.165, 1.54) is 21.6 Å². The molecule has 0 radical (unpaired) electrons. The van der Waals surface area contributed by atoms with Gasteiger partial charge in [-0.1, -0.05) is 60.1 Å². The van der Waals surface area contributed by atoms with Crippen molar-refractivity contribution in [3.8, 4) is 23.0 Å². The fourth-order valence-electron chi connectivity index (χ4n) is 5.63. The second kappa shape index (κ2) is 18.1. The van der Waals surface area contributed by atoms with E-state index in [0.29, 0.717) is 80.7 Å². The molecule has 2 aromatic carbocycles. The Bertz CT molecular complexity index is 1810. The molecule has 0 aromatic heterocycles. The lowest BCUT2D eigenvalue weighted by molar-refractivity contribution is -0.136. The van der Waals surface area contributed by atoms with E-state index in [1.54, 1.807) is 69.8 Å². The molecule has 5 rings (SSSR count). The lowest BCUT2D eigenvalue weighted by atomic mass is 10.2. The third kappa shape index (κ3) is 9.43. The smallest absolute Gasteiger partial charge is 0.266 e. The van der Waals surface area contributed by atoms with Crippen LogP contribution < -0.4 is 24.3 Å². The first kappa shape index (κ1) is 39.1. The molecule has 0 aliphatic carbocycles. The first-order valence-corrected chi connectivity index (χ1v) is 18.7. The van der Waals surface area contributed by atoms with Gasteiger partial charge in [-0.25, -0.2) is 0 Å². The molecule has 0 unspecified atom stereocenters. The Labute approximate surface area is 321 Å². The van der Waals surface area contributed by atoms with Gasteiger partial charge in [-0.15, -0.1) is 0 Å². The van der Waals surface area contributed by atoms with Crippen LogP contribution >= 0.6 is 48.0 Å². The number of rotatable bonds is 14. The molecule has 3 aliphatic rings. The van der Waals surface area contributed by atoms with E-state index in [2.05, 4.69) is 10.2 Å². The Morgan fingerprint density at radius 2 is 1.23 bits per heavy atom. The monoisotopic (exact) mass is 785 g/mol. The summed E-state index contributed by atoms with van der Waals surface area (Å²) in [5.74, 6) is 1.34. The van der Waals surface area contributed by atoms with E-state index in [1.807, 2.05) is 12.1 Å². The Morgan fingerprint density at radius 1 is 0.731 bits per heavy atom. The van der Waals surface area contributed by atoms with Crippen LogP contribution in [0.25, 0.3) is 12.2 Å². The fraction of sp³-hybridized carbons (Fsp3) is 0.371. The molecule has 13 nitrogen and oxygen atoms in total. The summed E-state index contributed by atoms with van der Waals surface area (Å²) in [5.41, 5.74) is 1.51. The van der Waals surface area contributed by atoms with E-state index in [9.17, 15) is 19.2 Å². The Kier molecular flexibility index (Phi) is 13.6. The molecule has 3 saturated heterocycles. The number of amides is 4. The van der Waals surface area contributed by atoms with Crippen LogP contribution in [0.2, 0.25) is 0 Å². The van der Waals surface area contributed by atoms with E-state index >= 15 is 0 Å². The lowest BCUT2D eigenvalue weighted by Gasteiger charge is -2.35. The van der Waals surface area contributed by atoms with Crippen molar-refractivity contribution in [2.75, 3.05) is 80.8 Å². The van der Waals surface area contributed by atoms with Crippen molar-refractivity contribution < 1.29 is 38.1 Å². The topological polar surface area (TPSA) is 130 Å². The van der Waals surface area contributed by atoms with Crippen molar-refractivity contribution in [2.45, 2.75) is 6.42 Å². The number of hydrogen-bond donors (Lipinski definition) is 1. The Morgan fingerprint density at radius 3 is 1.75 bits per heavy atom. The van der Waals surface area contributed by atoms with Crippen LogP contribution in [0.5, 0.6) is 23.0 Å². The zero-order valence-electron chi connectivity index (χ0n) is 29.2. The molecule has 2 aromatic rings. The Balaban J connectivity index is 1.02. The summed E-state index contributed by atoms with van der Waals surface area (Å²) in [7, 11) is 6.20. The minimum Gasteiger partial charge on any atom is -0.493 e. The molecule has 0 saturated carbocycles. The molecule has 0 bridgehead atoms. The summed E-state index contributed by atoms with van der Waals surface area (Å²) in [6.07, 6.45) is 3.57. The highest BCUT2D eigenvalue weighted by atomic mass is 32.2. The van der Waals surface area contributed by atoms with Gasteiger partial charge in [0.2, 0.25) is 11.8 Å².